The van der Waals surface area contributed by atoms with E-state index in [1.807, 2.05) is 0 Å². The molecule has 2 N–H and O–H groups in total. The van der Waals surface area contributed by atoms with Crippen LogP contribution in [0.15, 0.2) is 36.5 Å². The molecule has 6 heteroatoms. The zero-order chi connectivity index (χ0) is 12.3. The van der Waals surface area contributed by atoms with Crippen LogP contribution in [0.5, 0.6) is 0 Å². The van der Waals surface area contributed by atoms with E-state index in [-0.39, 0.29) is 12.2 Å². The van der Waals surface area contributed by atoms with Crippen LogP contribution >= 0.6 is 0 Å². The fourth-order valence-corrected chi connectivity index (χ4v) is 1.46. The Morgan fingerprint density at radius 3 is 2.76 bits per heavy atom. The third kappa shape index (κ3) is 2.26. The van der Waals surface area contributed by atoms with Crippen LogP contribution in [0.1, 0.15) is 5.69 Å². The van der Waals surface area contributed by atoms with Crippen molar-refractivity contribution in [2.45, 2.75) is 6.54 Å². The summed E-state index contributed by atoms with van der Waals surface area (Å²) in [7, 11) is 0. The van der Waals surface area contributed by atoms with Gasteiger partial charge in [-0.1, -0.05) is 12.1 Å². The average molecular weight is 230 g/mol. The van der Waals surface area contributed by atoms with E-state index in [2.05, 4.69) is 9.97 Å². The number of nitrogens with zero attached hydrogens (tertiary/aromatic N) is 3. The molecule has 0 aliphatic rings. The maximum Gasteiger partial charge on any atom is 0.280 e. The van der Waals surface area contributed by atoms with Gasteiger partial charge in [0.1, 0.15) is 0 Å². The quantitative estimate of drug-likeness (QED) is 0.637. The number of hydrogen-bond acceptors (Lipinski definition) is 5. The third-order valence-corrected chi connectivity index (χ3v) is 2.26. The summed E-state index contributed by atoms with van der Waals surface area (Å²) in [5, 5.41) is 10.9. The lowest BCUT2D eigenvalue weighted by molar-refractivity contribution is -0.384. The molecule has 2 rings (SSSR count). The van der Waals surface area contributed by atoms with Crippen LogP contribution in [0.3, 0.4) is 0 Å². The minimum atomic E-state index is -0.451. The molecule has 17 heavy (non-hydrogen) atoms. The summed E-state index contributed by atoms with van der Waals surface area (Å²) >= 11 is 0. The standard InChI is InChI=1S/C11H10N4O2/c12-7-8-5-6-13-11(14-8)9-3-1-2-4-10(9)15(16)17/h1-6H,7,12H2. The Balaban J connectivity index is 2.56. The minimum absolute atomic E-state index is 0.0123. The third-order valence-electron chi connectivity index (χ3n) is 2.26. The van der Waals surface area contributed by atoms with E-state index in [0.717, 1.165) is 0 Å². The monoisotopic (exact) mass is 230 g/mol. The Kier molecular flexibility index (Phi) is 3.06. The van der Waals surface area contributed by atoms with Crippen molar-refractivity contribution in [3.05, 3.63) is 52.3 Å². The smallest absolute Gasteiger partial charge is 0.280 e. The van der Waals surface area contributed by atoms with Gasteiger partial charge in [-0.2, -0.15) is 0 Å². The summed E-state index contributed by atoms with van der Waals surface area (Å²) < 4.78 is 0. The van der Waals surface area contributed by atoms with Crippen LogP contribution in [0, 0.1) is 10.1 Å². The zero-order valence-electron chi connectivity index (χ0n) is 8.91. The van der Waals surface area contributed by atoms with Gasteiger partial charge in [-0.05, 0) is 12.1 Å². The number of para-hydroxylation sites is 1. The Hall–Kier alpha value is -2.34. The van der Waals surface area contributed by atoms with Crippen molar-refractivity contribution in [1.82, 2.24) is 9.97 Å². The van der Waals surface area contributed by atoms with Crippen LogP contribution in [-0.4, -0.2) is 14.9 Å². The summed E-state index contributed by atoms with van der Waals surface area (Å²) in [5.41, 5.74) is 6.50. The van der Waals surface area contributed by atoms with Gasteiger partial charge in [0.2, 0.25) is 0 Å². The number of aromatic nitrogens is 2. The minimum Gasteiger partial charge on any atom is -0.325 e. The summed E-state index contributed by atoms with van der Waals surface area (Å²) in [4.78, 5) is 18.6. The molecule has 1 aromatic carbocycles. The second-order valence-electron chi connectivity index (χ2n) is 3.35. The molecule has 6 nitrogen and oxygen atoms in total. The molecule has 0 bridgehead atoms. The lowest BCUT2D eigenvalue weighted by Gasteiger charge is -2.02. The van der Waals surface area contributed by atoms with Crippen molar-refractivity contribution in [3.63, 3.8) is 0 Å². The molecular formula is C11H10N4O2. The maximum atomic E-state index is 10.9. The van der Waals surface area contributed by atoms with E-state index in [0.29, 0.717) is 17.1 Å². The van der Waals surface area contributed by atoms with E-state index in [4.69, 9.17) is 5.73 Å². The first-order chi connectivity index (χ1) is 8.22. The average Bonchev–Trinajstić information content (AvgIpc) is 2.39. The molecule has 0 atom stereocenters. The molecule has 2 aromatic rings. The Labute approximate surface area is 97.3 Å². The molecule has 0 saturated heterocycles. The van der Waals surface area contributed by atoms with E-state index >= 15 is 0 Å². The van der Waals surface area contributed by atoms with E-state index in [1.165, 1.54) is 6.07 Å². The highest BCUT2D eigenvalue weighted by molar-refractivity contribution is 5.67. The Morgan fingerprint density at radius 1 is 1.29 bits per heavy atom. The highest BCUT2D eigenvalue weighted by atomic mass is 16.6. The lowest BCUT2D eigenvalue weighted by Crippen LogP contribution is -2.02. The van der Waals surface area contributed by atoms with Crippen LogP contribution in [-0.2, 0) is 6.54 Å². The van der Waals surface area contributed by atoms with Gasteiger partial charge in [-0.15, -0.1) is 0 Å². The number of rotatable bonds is 3. The molecule has 86 valence electrons. The zero-order valence-corrected chi connectivity index (χ0v) is 8.91. The first-order valence-corrected chi connectivity index (χ1v) is 4.98. The highest BCUT2D eigenvalue weighted by Crippen LogP contribution is 2.26. The number of nitro groups is 1. The van der Waals surface area contributed by atoms with Crippen molar-refractivity contribution in [2.75, 3.05) is 0 Å². The van der Waals surface area contributed by atoms with Gasteiger partial charge in [0.15, 0.2) is 5.82 Å². The van der Waals surface area contributed by atoms with Gasteiger partial charge in [0.05, 0.1) is 16.2 Å². The second kappa shape index (κ2) is 4.67. The highest BCUT2D eigenvalue weighted by Gasteiger charge is 2.16. The molecule has 0 amide bonds. The van der Waals surface area contributed by atoms with Gasteiger partial charge in [-0.25, -0.2) is 9.97 Å². The van der Waals surface area contributed by atoms with E-state index < -0.39 is 4.92 Å². The van der Waals surface area contributed by atoms with Gasteiger partial charge < -0.3 is 5.73 Å². The van der Waals surface area contributed by atoms with Crippen molar-refractivity contribution in [3.8, 4) is 11.4 Å². The summed E-state index contributed by atoms with van der Waals surface area (Å²) in [6.45, 7) is 0.274. The van der Waals surface area contributed by atoms with Crippen molar-refractivity contribution >= 4 is 5.69 Å². The SMILES string of the molecule is NCc1ccnc(-c2ccccc2[N+](=O)[O-])n1. The van der Waals surface area contributed by atoms with Crippen molar-refractivity contribution in [1.29, 1.82) is 0 Å². The van der Waals surface area contributed by atoms with Crippen molar-refractivity contribution in [2.24, 2.45) is 5.73 Å². The Morgan fingerprint density at radius 2 is 2.06 bits per heavy atom. The van der Waals surface area contributed by atoms with Crippen LogP contribution in [0.4, 0.5) is 5.69 Å². The molecule has 0 fully saturated rings. The molecule has 0 unspecified atom stereocenters. The van der Waals surface area contributed by atoms with Crippen LogP contribution < -0.4 is 5.73 Å². The van der Waals surface area contributed by atoms with Crippen LogP contribution in [0.2, 0.25) is 0 Å². The number of benzene rings is 1. The number of nitro benzene ring substituents is 1. The molecular weight excluding hydrogens is 220 g/mol. The maximum absolute atomic E-state index is 10.9. The molecule has 0 radical (unpaired) electrons. The van der Waals surface area contributed by atoms with Crippen molar-refractivity contribution < 1.29 is 4.92 Å². The predicted molar refractivity (Wildman–Crippen MR) is 62.0 cm³/mol. The Bertz CT molecular complexity index is 557. The lowest BCUT2D eigenvalue weighted by atomic mass is 10.1. The normalized spacial score (nSPS) is 10.2. The molecule has 0 spiro atoms. The molecule has 1 aromatic heterocycles. The van der Waals surface area contributed by atoms with E-state index in [9.17, 15) is 10.1 Å². The summed E-state index contributed by atoms with van der Waals surface area (Å²) in [6, 6.07) is 8.04. The topological polar surface area (TPSA) is 94.9 Å². The predicted octanol–water partition coefficient (Wildman–Crippen LogP) is 1.51. The number of nitrogens with two attached hydrogens (primary N) is 1. The first kappa shape index (κ1) is 11.2. The van der Waals surface area contributed by atoms with Gasteiger partial charge in [0, 0.05) is 18.8 Å². The second-order valence-corrected chi connectivity index (χ2v) is 3.35. The molecule has 0 saturated carbocycles. The van der Waals surface area contributed by atoms with Gasteiger partial charge >= 0.3 is 0 Å². The number of hydrogen-bond donors (Lipinski definition) is 1. The summed E-state index contributed by atoms with van der Waals surface area (Å²) in [6.07, 6.45) is 1.54. The summed E-state index contributed by atoms with van der Waals surface area (Å²) in [5.74, 6) is 0.320. The van der Waals surface area contributed by atoms with Crippen LogP contribution in [0.25, 0.3) is 11.4 Å². The first-order valence-electron chi connectivity index (χ1n) is 4.98. The van der Waals surface area contributed by atoms with E-state index in [1.54, 1.807) is 30.5 Å². The largest absolute Gasteiger partial charge is 0.325 e. The van der Waals surface area contributed by atoms with Gasteiger partial charge in [-0.3, -0.25) is 10.1 Å². The molecule has 1 heterocycles. The molecule has 0 aliphatic carbocycles. The molecule has 0 aliphatic heterocycles. The van der Waals surface area contributed by atoms with Gasteiger partial charge in [0.25, 0.3) is 5.69 Å². The fourth-order valence-electron chi connectivity index (χ4n) is 1.46. The fraction of sp³-hybridized carbons (Fsp3) is 0.0909.